The van der Waals surface area contributed by atoms with Crippen molar-refractivity contribution in [3.8, 4) is 5.75 Å². The van der Waals surface area contributed by atoms with Crippen LogP contribution in [0.1, 0.15) is 31.2 Å². The molecule has 2 aromatic carbocycles. The van der Waals surface area contributed by atoms with Crippen molar-refractivity contribution in [2.75, 3.05) is 4.90 Å². The Morgan fingerprint density at radius 1 is 1.03 bits per heavy atom. The number of halogens is 1. The van der Waals surface area contributed by atoms with Crippen LogP contribution in [0.2, 0.25) is 5.02 Å². The number of phenols is 1. The summed E-state index contributed by atoms with van der Waals surface area (Å²) in [5.41, 5.74) is 0.531. The minimum atomic E-state index is -1.21. The van der Waals surface area contributed by atoms with Gasteiger partial charge in [0.05, 0.1) is 28.9 Å². The molecule has 2 heterocycles. The first-order valence-electron chi connectivity index (χ1n) is 11.7. The summed E-state index contributed by atoms with van der Waals surface area (Å²) in [5.74, 6) is -4.28. The van der Waals surface area contributed by atoms with E-state index in [0.717, 1.165) is 5.57 Å². The van der Waals surface area contributed by atoms with Crippen LogP contribution in [-0.4, -0.2) is 28.7 Å². The summed E-state index contributed by atoms with van der Waals surface area (Å²) in [6.07, 6.45) is 2.56. The van der Waals surface area contributed by atoms with E-state index in [1.807, 2.05) is 12.1 Å². The first-order valence-corrected chi connectivity index (χ1v) is 12.1. The molecular weight excluding hydrogens is 468 g/mol. The molecule has 35 heavy (non-hydrogen) atoms. The predicted octanol–water partition coefficient (Wildman–Crippen LogP) is 3.56. The highest BCUT2D eigenvalue weighted by Gasteiger charge is 2.67. The fourth-order valence-corrected chi connectivity index (χ4v) is 7.03. The predicted molar refractivity (Wildman–Crippen MR) is 127 cm³/mol. The molecule has 2 saturated heterocycles. The van der Waals surface area contributed by atoms with Crippen molar-refractivity contribution in [2.24, 2.45) is 29.1 Å². The van der Waals surface area contributed by atoms with Crippen molar-refractivity contribution in [2.45, 2.75) is 25.7 Å². The summed E-state index contributed by atoms with van der Waals surface area (Å²) in [5, 5.41) is 13.7. The molecule has 0 unspecified atom stereocenters. The van der Waals surface area contributed by atoms with Gasteiger partial charge in [-0.2, -0.15) is 0 Å². The van der Waals surface area contributed by atoms with Crippen LogP contribution in [0.25, 0.3) is 0 Å². The van der Waals surface area contributed by atoms with Gasteiger partial charge in [-0.15, -0.1) is 0 Å². The number of benzene rings is 2. The van der Waals surface area contributed by atoms with Crippen molar-refractivity contribution in [3.05, 3.63) is 70.8 Å². The van der Waals surface area contributed by atoms with Crippen molar-refractivity contribution in [1.29, 1.82) is 0 Å². The van der Waals surface area contributed by atoms with E-state index in [-0.39, 0.29) is 35.8 Å². The van der Waals surface area contributed by atoms with E-state index in [9.17, 15) is 24.3 Å². The standard InChI is InChI=1S/C27H23ClN2O5/c1-27-19(25(34)30(26(27)35)14-5-3-2-4-6-14)12-17-15(8-9-16-21(17)24(33)29-23(16)32)22(27)18-11-13(28)7-10-20(18)31/h2-8,10-11,16-17,19,21-22,31H,9,12H2,1H3,(H,29,32,33)/t16-,17+,19-,21-,22+,27+/m0/s1. The highest BCUT2D eigenvalue weighted by molar-refractivity contribution is 6.30. The van der Waals surface area contributed by atoms with Gasteiger partial charge >= 0.3 is 0 Å². The van der Waals surface area contributed by atoms with Gasteiger partial charge in [-0.05, 0) is 56.0 Å². The second-order valence-electron chi connectivity index (χ2n) is 10.1. The Hall–Kier alpha value is -3.45. The van der Waals surface area contributed by atoms with E-state index >= 15 is 0 Å². The zero-order valence-electron chi connectivity index (χ0n) is 18.9. The monoisotopic (exact) mass is 490 g/mol. The second-order valence-corrected chi connectivity index (χ2v) is 10.5. The molecule has 0 aromatic heterocycles. The molecule has 4 aliphatic rings. The molecule has 0 bridgehead atoms. The van der Waals surface area contributed by atoms with Crippen LogP contribution in [0, 0.1) is 29.1 Å². The number of carbonyl (C=O) groups excluding carboxylic acids is 4. The maximum atomic E-state index is 14.1. The maximum Gasteiger partial charge on any atom is 0.241 e. The van der Waals surface area contributed by atoms with Crippen LogP contribution >= 0.6 is 11.6 Å². The lowest BCUT2D eigenvalue weighted by Crippen LogP contribution is -2.48. The average Bonchev–Trinajstić information content (AvgIpc) is 3.24. The van der Waals surface area contributed by atoms with E-state index in [4.69, 9.17) is 11.6 Å². The minimum absolute atomic E-state index is 0.0339. The van der Waals surface area contributed by atoms with Crippen molar-refractivity contribution >= 4 is 40.9 Å². The second kappa shape index (κ2) is 7.52. The van der Waals surface area contributed by atoms with Crippen LogP contribution in [0.5, 0.6) is 5.75 Å². The van der Waals surface area contributed by atoms with Gasteiger partial charge in [-0.3, -0.25) is 24.5 Å². The molecule has 7 nitrogen and oxygen atoms in total. The molecule has 0 radical (unpaired) electrons. The van der Waals surface area contributed by atoms with Crippen LogP contribution in [0.3, 0.4) is 0 Å². The number of phenolic OH excluding ortho intramolecular Hbond substituents is 1. The first-order chi connectivity index (χ1) is 16.7. The Balaban J connectivity index is 1.57. The van der Waals surface area contributed by atoms with Crippen LogP contribution < -0.4 is 10.2 Å². The third-order valence-corrected chi connectivity index (χ3v) is 8.67. The molecule has 2 aliphatic carbocycles. The number of anilines is 1. The highest BCUT2D eigenvalue weighted by Crippen LogP contribution is 2.64. The Kier molecular flexibility index (Phi) is 4.74. The minimum Gasteiger partial charge on any atom is -0.508 e. The topological polar surface area (TPSA) is 104 Å². The van der Waals surface area contributed by atoms with Crippen LogP contribution in [0.15, 0.2) is 60.2 Å². The highest BCUT2D eigenvalue weighted by atomic mass is 35.5. The lowest BCUT2D eigenvalue weighted by molar-refractivity contribution is -0.131. The summed E-state index contributed by atoms with van der Waals surface area (Å²) in [6.45, 7) is 1.77. The Bertz CT molecular complexity index is 1340. The molecule has 6 atom stereocenters. The number of allylic oxidation sites excluding steroid dienone is 2. The molecule has 1 saturated carbocycles. The number of nitrogens with zero attached hydrogens (tertiary/aromatic N) is 1. The molecule has 2 N–H and O–H groups in total. The lowest BCUT2D eigenvalue weighted by atomic mass is 9.51. The number of aromatic hydroxyl groups is 1. The van der Waals surface area contributed by atoms with Gasteiger partial charge in [0.25, 0.3) is 0 Å². The van der Waals surface area contributed by atoms with Crippen molar-refractivity contribution in [3.63, 3.8) is 0 Å². The van der Waals surface area contributed by atoms with Crippen molar-refractivity contribution < 1.29 is 24.3 Å². The van der Waals surface area contributed by atoms with Gasteiger partial charge in [-0.1, -0.05) is 41.4 Å². The summed E-state index contributed by atoms with van der Waals surface area (Å²) in [4.78, 5) is 54.4. The number of carbonyl (C=O) groups is 4. The normalized spacial score (nSPS) is 33.7. The van der Waals surface area contributed by atoms with Gasteiger partial charge < -0.3 is 5.11 Å². The zero-order valence-corrected chi connectivity index (χ0v) is 19.7. The van der Waals surface area contributed by atoms with Gasteiger partial charge in [0.2, 0.25) is 23.6 Å². The van der Waals surface area contributed by atoms with Gasteiger partial charge in [0.15, 0.2) is 0 Å². The quantitative estimate of drug-likeness (QED) is 0.495. The fourth-order valence-electron chi connectivity index (χ4n) is 6.85. The van der Waals surface area contributed by atoms with Crippen LogP contribution in [-0.2, 0) is 19.2 Å². The number of para-hydroxylation sites is 1. The fraction of sp³-hybridized carbons (Fsp3) is 0.333. The molecule has 8 heteroatoms. The first kappa shape index (κ1) is 22.0. The SMILES string of the molecule is C[C@@]12C(=O)N(c3ccccc3)C(=O)[C@@H]1C[C@@H]1C(=CC[C@@H]3C(=O)NC(=O)[C@@H]31)[C@@H]2c1cc(Cl)ccc1O. The van der Waals surface area contributed by atoms with E-state index in [0.29, 0.717) is 22.7 Å². The van der Waals surface area contributed by atoms with Gasteiger partial charge in [0, 0.05) is 16.5 Å². The molecule has 0 spiro atoms. The molecule has 3 fully saturated rings. The number of imide groups is 2. The smallest absolute Gasteiger partial charge is 0.241 e. The number of fused-ring (bicyclic) bond motifs is 4. The number of hydrogen-bond acceptors (Lipinski definition) is 5. The zero-order chi connectivity index (χ0) is 24.6. The number of nitrogens with one attached hydrogen (secondary N) is 1. The van der Waals surface area contributed by atoms with E-state index in [1.165, 1.54) is 11.0 Å². The third kappa shape index (κ3) is 2.91. The van der Waals surface area contributed by atoms with Crippen LogP contribution in [0.4, 0.5) is 5.69 Å². The van der Waals surface area contributed by atoms with Gasteiger partial charge in [-0.25, -0.2) is 4.90 Å². The lowest BCUT2D eigenvalue weighted by Gasteiger charge is -2.49. The average molecular weight is 491 g/mol. The Morgan fingerprint density at radius 3 is 2.51 bits per heavy atom. The largest absolute Gasteiger partial charge is 0.508 e. The van der Waals surface area contributed by atoms with E-state index < -0.39 is 35.0 Å². The molecule has 2 aromatic rings. The molecule has 178 valence electrons. The van der Waals surface area contributed by atoms with E-state index in [2.05, 4.69) is 5.32 Å². The number of amides is 4. The molecule has 6 rings (SSSR count). The number of hydrogen-bond donors (Lipinski definition) is 2. The summed E-state index contributed by atoms with van der Waals surface area (Å²) in [6, 6.07) is 13.4. The Labute approximate surface area is 206 Å². The Morgan fingerprint density at radius 2 is 1.77 bits per heavy atom. The molecule has 2 aliphatic heterocycles. The molecule has 4 amide bonds. The van der Waals surface area contributed by atoms with Crippen molar-refractivity contribution in [1.82, 2.24) is 5.32 Å². The maximum absolute atomic E-state index is 14.1. The van der Waals surface area contributed by atoms with Gasteiger partial charge in [0.1, 0.15) is 5.75 Å². The third-order valence-electron chi connectivity index (χ3n) is 8.43. The summed E-state index contributed by atoms with van der Waals surface area (Å²) < 4.78 is 0. The molecular formula is C27H23ClN2O5. The van der Waals surface area contributed by atoms with E-state index in [1.54, 1.807) is 43.3 Å². The summed E-state index contributed by atoms with van der Waals surface area (Å²) >= 11 is 6.32. The number of rotatable bonds is 2. The summed E-state index contributed by atoms with van der Waals surface area (Å²) in [7, 11) is 0.